The lowest BCUT2D eigenvalue weighted by atomic mass is 10.1. The third-order valence-electron chi connectivity index (χ3n) is 3.27. The molecule has 0 fully saturated rings. The number of hydrogen-bond donors (Lipinski definition) is 1. The Hall–Kier alpha value is -2.01. The zero-order chi connectivity index (χ0) is 13.4. The van der Waals surface area contributed by atoms with Gasteiger partial charge in [0.05, 0.1) is 12.0 Å². The van der Waals surface area contributed by atoms with Crippen LogP contribution >= 0.6 is 11.3 Å². The van der Waals surface area contributed by atoms with Gasteiger partial charge in [-0.1, -0.05) is 0 Å². The first-order chi connectivity index (χ1) is 9.19. The minimum atomic E-state index is 0.0248. The molecule has 0 atom stereocenters. The molecular weight excluding hydrogens is 260 g/mol. The van der Waals surface area contributed by atoms with Gasteiger partial charge in [-0.15, -0.1) is 11.3 Å². The second kappa shape index (κ2) is 4.59. The van der Waals surface area contributed by atoms with Crippen LogP contribution in [-0.4, -0.2) is 19.6 Å². The number of ether oxygens (including phenoxy) is 1. The van der Waals surface area contributed by atoms with E-state index in [2.05, 4.69) is 0 Å². The molecule has 2 N–H and O–H groups in total. The molecule has 1 aromatic carbocycles. The molecular formula is C14H14N2O2S. The van der Waals surface area contributed by atoms with Crippen molar-refractivity contribution in [2.45, 2.75) is 6.42 Å². The minimum Gasteiger partial charge on any atom is -0.496 e. The van der Waals surface area contributed by atoms with E-state index in [1.54, 1.807) is 18.1 Å². The second-order valence-corrected chi connectivity index (χ2v) is 5.36. The average Bonchev–Trinajstić information content (AvgIpc) is 3.03. The van der Waals surface area contributed by atoms with E-state index in [-0.39, 0.29) is 5.91 Å². The van der Waals surface area contributed by atoms with Crippen LogP contribution in [0.3, 0.4) is 0 Å². The van der Waals surface area contributed by atoms with Crippen molar-refractivity contribution >= 4 is 28.6 Å². The molecule has 0 saturated carbocycles. The molecule has 0 aliphatic carbocycles. The van der Waals surface area contributed by atoms with E-state index in [1.807, 2.05) is 23.6 Å². The second-order valence-electron chi connectivity index (χ2n) is 4.45. The summed E-state index contributed by atoms with van der Waals surface area (Å²) in [7, 11) is 1.60. The van der Waals surface area contributed by atoms with Crippen molar-refractivity contribution in [3.05, 3.63) is 40.1 Å². The van der Waals surface area contributed by atoms with Crippen molar-refractivity contribution < 1.29 is 9.53 Å². The van der Waals surface area contributed by atoms with Crippen LogP contribution in [0, 0.1) is 0 Å². The van der Waals surface area contributed by atoms with E-state index >= 15 is 0 Å². The highest BCUT2D eigenvalue weighted by Crippen LogP contribution is 2.32. The van der Waals surface area contributed by atoms with E-state index < -0.39 is 0 Å². The third-order valence-corrected chi connectivity index (χ3v) is 4.16. The summed E-state index contributed by atoms with van der Waals surface area (Å²) in [5.74, 6) is 0.752. The van der Waals surface area contributed by atoms with Gasteiger partial charge < -0.3 is 15.4 Å². The molecule has 5 heteroatoms. The first-order valence-corrected chi connectivity index (χ1v) is 6.90. The molecule has 0 spiro atoms. The molecule has 4 nitrogen and oxygen atoms in total. The van der Waals surface area contributed by atoms with E-state index in [9.17, 15) is 4.79 Å². The number of rotatable bonds is 2. The van der Waals surface area contributed by atoms with Gasteiger partial charge in [0, 0.05) is 29.4 Å². The number of carbonyl (C=O) groups is 1. The number of thiophene rings is 1. The zero-order valence-corrected chi connectivity index (χ0v) is 11.4. The molecule has 0 unspecified atom stereocenters. The Morgan fingerprint density at radius 3 is 3.00 bits per heavy atom. The monoisotopic (exact) mass is 274 g/mol. The Bertz CT molecular complexity index is 636. The number of nitrogen functional groups attached to an aromatic ring is 1. The fraction of sp³-hybridized carbons (Fsp3) is 0.214. The first kappa shape index (κ1) is 12.0. The predicted molar refractivity (Wildman–Crippen MR) is 77.1 cm³/mol. The number of fused-ring (bicyclic) bond motifs is 1. The number of hydrogen-bond acceptors (Lipinski definition) is 4. The minimum absolute atomic E-state index is 0.0248. The molecule has 98 valence electrons. The van der Waals surface area contributed by atoms with Crippen LogP contribution in [0.2, 0.25) is 0 Å². The maximum absolute atomic E-state index is 12.5. The Balaban J connectivity index is 1.91. The third kappa shape index (κ3) is 2.06. The lowest BCUT2D eigenvalue weighted by Crippen LogP contribution is -2.28. The largest absolute Gasteiger partial charge is 0.496 e. The van der Waals surface area contributed by atoms with Crippen molar-refractivity contribution in [1.82, 2.24) is 0 Å². The lowest BCUT2D eigenvalue weighted by molar-refractivity contribution is 0.0993. The fourth-order valence-corrected chi connectivity index (χ4v) is 3.11. The highest BCUT2D eigenvalue weighted by atomic mass is 32.1. The SMILES string of the molecule is COc1csc(C(=O)N2CCc3cc(N)ccc32)c1. The Morgan fingerprint density at radius 2 is 2.26 bits per heavy atom. The van der Waals surface area contributed by atoms with E-state index in [1.165, 1.54) is 11.3 Å². The van der Waals surface area contributed by atoms with Crippen molar-refractivity contribution in [1.29, 1.82) is 0 Å². The van der Waals surface area contributed by atoms with E-state index in [4.69, 9.17) is 10.5 Å². The fourth-order valence-electron chi connectivity index (χ4n) is 2.30. The molecule has 1 amide bonds. The molecule has 1 aliphatic heterocycles. The summed E-state index contributed by atoms with van der Waals surface area (Å²) >= 11 is 1.41. The molecule has 1 aromatic heterocycles. The van der Waals surface area contributed by atoms with Crippen molar-refractivity contribution in [3.8, 4) is 5.75 Å². The van der Waals surface area contributed by atoms with Crippen LogP contribution < -0.4 is 15.4 Å². The van der Waals surface area contributed by atoms with E-state index in [0.717, 1.165) is 29.1 Å². The summed E-state index contributed by atoms with van der Waals surface area (Å²) in [6.45, 7) is 0.706. The molecule has 0 radical (unpaired) electrons. The summed E-state index contributed by atoms with van der Waals surface area (Å²) in [6, 6.07) is 7.47. The van der Waals surface area contributed by atoms with Crippen LogP contribution in [0.1, 0.15) is 15.2 Å². The van der Waals surface area contributed by atoms with Gasteiger partial charge in [-0.25, -0.2) is 0 Å². The number of nitrogens with two attached hydrogens (primary N) is 1. The molecule has 2 aromatic rings. The highest BCUT2D eigenvalue weighted by Gasteiger charge is 2.26. The topological polar surface area (TPSA) is 55.6 Å². The van der Waals surface area contributed by atoms with E-state index in [0.29, 0.717) is 11.4 Å². The van der Waals surface area contributed by atoms with Crippen molar-refractivity contribution in [2.75, 3.05) is 24.3 Å². The summed E-state index contributed by atoms with van der Waals surface area (Å²) < 4.78 is 5.12. The standard InChI is InChI=1S/C14H14N2O2S/c1-18-11-7-13(19-8-11)14(17)16-5-4-9-6-10(15)2-3-12(9)16/h2-3,6-8H,4-5,15H2,1H3. The van der Waals surface area contributed by atoms with Crippen molar-refractivity contribution in [2.24, 2.45) is 0 Å². The highest BCUT2D eigenvalue weighted by molar-refractivity contribution is 7.12. The van der Waals surface area contributed by atoms with Crippen LogP contribution in [0.15, 0.2) is 29.6 Å². The quantitative estimate of drug-likeness (QED) is 0.856. The maximum Gasteiger partial charge on any atom is 0.268 e. The summed E-state index contributed by atoms with van der Waals surface area (Å²) in [5.41, 5.74) is 8.61. The Morgan fingerprint density at radius 1 is 1.42 bits per heavy atom. The van der Waals surface area contributed by atoms with Gasteiger partial charge >= 0.3 is 0 Å². The molecule has 0 saturated heterocycles. The number of nitrogens with zero attached hydrogens (tertiary/aromatic N) is 1. The Labute approximate surface area is 115 Å². The first-order valence-electron chi connectivity index (χ1n) is 6.02. The summed E-state index contributed by atoms with van der Waals surface area (Å²) in [4.78, 5) is 15.0. The molecule has 19 heavy (non-hydrogen) atoms. The van der Waals surface area contributed by atoms with Crippen LogP contribution in [-0.2, 0) is 6.42 Å². The van der Waals surface area contributed by atoms with Crippen LogP contribution in [0.5, 0.6) is 5.75 Å². The van der Waals surface area contributed by atoms with Gasteiger partial charge in [-0.05, 0) is 30.2 Å². The summed E-state index contributed by atoms with van der Waals surface area (Å²) in [6.07, 6.45) is 0.856. The van der Waals surface area contributed by atoms with Crippen molar-refractivity contribution in [3.63, 3.8) is 0 Å². The van der Waals surface area contributed by atoms with Gasteiger partial charge in [0.2, 0.25) is 0 Å². The average molecular weight is 274 g/mol. The predicted octanol–water partition coefficient (Wildman–Crippen LogP) is 2.54. The number of amides is 1. The number of methoxy groups -OCH3 is 1. The molecule has 0 bridgehead atoms. The zero-order valence-electron chi connectivity index (χ0n) is 10.6. The van der Waals surface area contributed by atoms with Gasteiger partial charge in [0.15, 0.2) is 0 Å². The number of anilines is 2. The van der Waals surface area contributed by atoms with Gasteiger partial charge in [-0.3, -0.25) is 4.79 Å². The number of carbonyl (C=O) groups excluding carboxylic acids is 1. The maximum atomic E-state index is 12.5. The van der Waals surface area contributed by atoms with Crippen LogP contribution in [0.4, 0.5) is 11.4 Å². The van der Waals surface area contributed by atoms with Crippen LogP contribution in [0.25, 0.3) is 0 Å². The molecule has 3 rings (SSSR count). The van der Waals surface area contributed by atoms with Gasteiger partial charge in [0.25, 0.3) is 5.91 Å². The molecule has 2 heterocycles. The lowest BCUT2D eigenvalue weighted by Gasteiger charge is -2.16. The molecule has 1 aliphatic rings. The number of benzene rings is 1. The smallest absolute Gasteiger partial charge is 0.268 e. The van der Waals surface area contributed by atoms with Gasteiger partial charge in [0.1, 0.15) is 5.75 Å². The normalized spacial score (nSPS) is 13.4. The summed E-state index contributed by atoms with van der Waals surface area (Å²) in [5, 5.41) is 1.84. The Kier molecular flexibility index (Phi) is 2.91. The van der Waals surface area contributed by atoms with Gasteiger partial charge in [-0.2, -0.15) is 0 Å².